The van der Waals surface area contributed by atoms with Crippen LogP contribution in [0.3, 0.4) is 0 Å². The van der Waals surface area contributed by atoms with E-state index in [1.165, 1.54) is 6.20 Å². The van der Waals surface area contributed by atoms with Gasteiger partial charge in [0, 0.05) is 23.7 Å². The molecule has 158 valence electrons. The van der Waals surface area contributed by atoms with Crippen molar-refractivity contribution in [3.63, 3.8) is 0 Å². The number of aryl methyl sites for hydroxylation is 1. The van der Waals surface area contributed by atoms with Gasteiger partial charge >= 0.3 is 41.6 Å². The number of hydrogen-bond acceptors (Lipinski definition) is 5. The molecular weight excluding hydrogens is 399 g/mol. The summed E-state index contributed by atoms with van der Waals surface area (Å²) in [7, 11) is 0. The molecule has 0 saturated heterocycles. The third kappa shape index (κ3) is 5.43. The number of ether oxygens (including phenoxy) is 2. The van der Waals surface area contributed by atoms with E-state index in [1.54, 1.807) is 31.4 Å². The smallest absolute Gasteiger partial charge is 1.00 e. The number of alkyl carbamates (subject to hydrolysis) is 1. The minimum Gasteiger partial charge on any atom is -1.00 e. The summed E-state index contributed by atoms with van der Waals surface area (Å²) in [6, 6.07) is 3.72. The number of carboxylic acids is 1. The molecule has 1 atom stereocenters. The topological polar surface area (TPSA) is 107 Å². The standard InChI is InChI=1S/C21H26N2O6.Na.H/c1-12-23-10-16(19(25)26)18(24)15-9-13(8-14(11-28-12)17(15)23)6-5-7-22-20(27)29-21(2,3)4;;/h8-10,12H,5-7,11H2,1-4H3,(H,22,27)(H,25,26);;/q;+1;-1. The molecule has 1 unspecified atom stereocenters. The van der Waals surface area contributed by atoms with E-state index in [0.29, 0.717) is 31.4 Å². The number of nitrogens with zero attached hydrogens (tertiary/aromatic N) is 1. The van der Waals surface area contributed by atoms with E-state index in [1.807, 2.05) is 13.0 Å². The zero-order valence-corrected chi connectivity index (χ0v) is 20.1. The number of rotatable bonds is 5. The maximum atomic E-state index is 12.7. The summed E-state index contributed by atoms with van der Waals surface area (Å²) in [5, 5.41) is 12.5. The van der Waals surface area contributed by atoms with E-state index in [0.717, 1.165) is 16.6 Å². The Morgan fingerprint density at radius 1 is 1.37 bits per heavy atom. The Kier molecular flexibility index (Phi) is 7.74. The van der Waals surface area contributed by atoms with Crippen molar-refractivity contribution in [3.8, 4) is 0 Å². The first-order chi connectivity index (χ1) is 13.6. The van der Waals surface area contributed by atoms with Crippen molar-refractivity contribution >= 4 is 23.0 Å². The van der Waals surface area contributed by atoms with Crippen molar-refractivity contribution < 1.29 is 55.2 Å². The van der Waals surface area contributed by atoms with E-state index in [-0.39, 0.29) is 42.8 Å². The first-order valence-corrected chi connectivity index (χ1v) is 9.59. The molecule has 30 heavy (non-hydrogen) atoms. The molecule has 0 spiro atoms. The Hall–Kier alpha value is -1.87. The van der Waals surface area contributed by atoms with Gasteiger partial charge in [-0.25, -0.2) is 9.59 Å². The van der Waals surface area contributed by atoms with Crippen LogP contribution in [0, 0.1) is 0 Å². The van der Waals surface area contributed by atoms with Gasteiger partial charge in [0.1, 0.15) is 17.4 Å². The third-order valence-corrected chi connectivity index (χ3v) is 4.68. The molecule has 1 aromatic heterocycles. The fraction of sp³-hybridized carbons (Fsp3) is 0.476. The number of pyridine rings is 1. The van der Waals surface area contributed by atoms with Gasteiger partial charge in [-0.15, -0.1) is 0 Å². The van der Waals surface area contributed by atoms with Crippen LogP contribution >= 0.6 is 0 Å². The number of carbonyl (C=O) groups excluding carboxylic acids is 1. The molecule has 3 rings (SSSR count). The van der Waals surface area contributed by atoms with Gasteiger partial charge in [-0.1, -0.05) is 6.07 Å². The molecule has 0 aliphatic carbocycles. The Balaban J connectivity index is 0.00000240. The quantitative estimate of drug-likeness (QED) is 0.527. The summed E-state index contributed by atoms with van der Waals surface area (Å²) in [6.45, 7) is 7.99. The second kappa shape index (κ2) is 9.51. The Labute approximate surface area is 198 Å². The first kappa shape index (κ1) is 24.4. The molecule has 2 heterocycles. The average molecular weight is 426 g/mol. The molecule has 0 radical (unpaired) electrons. The molecule has 2 N–H and O–H groups in total. The van der Waals surface area contributed by atoms with Crippen LogP contribution in [0.2, 0.25) is 0 Å². The predicted molar refractivity (Wildman–Crippen MR) is 108 cm³/mol. The average Bonchev–Trinajstić information content (AvgIpc) is 2.61. The molecule has 0 fully saturated rings. The maximum Gasteiger partial charge on any atom is 1.00 e. The van der Waals surface area contributed by atoms with Gasteiger partial charge in [-0.3, -0.25) is 4.79 Å². The number of benzene rings is 1. The molecule has 0 bridgehead atoms. The van der Waals surface area contributed by atoms with E-state index in [2.05, 4.69) is 5.32 Å². The summed E-state index contributed by atoms with van der Waals surface area (Å²) >= 11 is 0. The molecule has 2 aromatic rings. The minimum absolute atomic E-state index is 0. The van der Waals surface area contributed by atoms with E-state index >= 15 is 0 Å². The summed E-state index contributed by atoms with van der Waals surface area (Å²) in [5.74, 6) is -1.26. The largest absolute Gasteiger partial charge is 1.00 e. The van der Waals surface area contributed by atoms with Gasteiger partial charge in [0.15, 0.2) is 0 Å². The van der Waals surface area contributed by atoms with Crippen LogP contribution in [0.4, 0.5) is 4.79 Å². The van der Waals surface area contributed by atoms with Crippen LogP contribution in [0.1, 0.15) is 63.3 Å². The number of aromatic nitrogens is 1. The SMILES string of the molecule is CC1OCc2cc(CCCNC(=O)OC(C)(C)C)cc3c(=O)c(C(=O)O)cn1c23.[H-].[Na+]. The summed E-state index contributed by atoms with van der Waals surface area (Å²) < 4.78 is 12.6. The number of nitrogens with one attached hydrogen (secondary N) is 1. The Morgan fingerprint density at radius 2 is 2.07 bits per heavy atom. The fourth-order valence-electron chi connectivity index (χ4n) is 3.43. The predicted octanol–water partition coefficient (Wildman–Crippen LogP) is 0.322. The summed E-state index contributed by atoms with van der Waals surface area (Å²) in [4.78, 5) is 35.9. The van der Waals surface area contributed by atoms with Crippen LogP contribution < -0.4 is 40.3 Å². The third-order valence-electron chi connectivity index (χ3n) is 4.68. The van der Waals surface area contributed by atoms with Gasteiger partial charge in [0.25, 0.3) is 0 Å². The van der Waals surface area contributed by atoms with Gasteiger partial charge in [0.05, 0.1) is 12.1 Å². The molecule has 0 saturated carbocycles. The number of aromatic carboxylic acids is 1. The normalized spacial score (nSPS) is 15.4. The Morgan fingerprint density at radius 3 is 2.70 bits per heavy atom. The molecule has 1 aliphatic rings. The van der Waals surface area contributed by atoms with E-state index < -0.39 is 23.1 Å². The summed E-state index contributed by atoms with van der Waals surface area (Å²) in [6.07, 6.45) is 1.79. The number of carbonyl (C=O) groups is 2. The first-order valence-electron chi connectivity index (χ1n) is 9.59. The number of amides is 1. The van der Waals surface area contributed by atoms with Gasteiger partial charge < -0.3 is 25.9 Å². The van der Waals surface area contributed by atoms with Gasteiger partial charge in [-0.05, 0) is 52.2 Å². The Bertz CT molecular complexity index is 1030. The van der Waals surface area contributed by atoms with Crippen LogP contribution in [0.25, 0.3) is 10.9 Å². The number of carboxylic acid groups (broad SMARTS) is 1. The molecule has 1 aliphatic heterocycles. The van der Waals surface area contributed by atoms with E-state index in [4.69, 9.17) is 9.47 Å². The summed E-state index contributed by atoms with van der Waals surface area (Å²) in [5.41, 5.74) is 1.14. The zero-order valence-electron chi connectivity index (χ0n) is 19.1. The number of hydrogen-bond donors (Lipinski definition) is 2. The molecular formula is C21H27N2NaO6. The van der Waals surface area contributed by atoms with Gasteiger partial charge in [-0.2, -0.15) is 0 Å². The second-order valence-corrected chi connectivity index (χ2v) is 8.18. The minimum atomic E-state index is -1.26. The van der Waals surface area contributed by atoms with Crippen LogP contribution in [-0.2, 0) is 22.5 Å². The van der Waals surface area contributed by atoms with E-state index in [9.17, 15) is 19.5 Å². The van der Waals surface area contributed by atoms with Gasteiger partial charge in [0.2, 0.25) is 5.43 Å². The monoisotopic (exact) mass is 426 g/mol. The van der Waals surface area contributed by atoms with Crippen molar-refractivity contribution in [2.45, 2.75) is 59.0 Å². The maximum absolute atomic E-state index is 12.7. The van der Waals surface area contributed by atoms with Crippen molar-refractivity contribution in [1.29, 1.82) is 0 Å². The van der Waals surface area contributed by atoms with Crippen molar-refractivity contribution in [2.75, 3.05) is 6.54 Å². The van der Waals surface area contributed by atoms with Crippen molar-refractivity contribution in [3.05, 3.63) is 45.2 Å². The molecule has 9 heteroatoms. The molecule has 8 nitrogen and oxygen atoms in total. The second-order valence-electron chi connectivity index (χ2n) is 8.18. The van der Waals surface area contributed by atoms with Crippen LogP contribution in [0.5, 0.6) is 0 Å². The van der Waals surface area contributed by atoms with Crippen molar-refractivity contribution in [2.24, 2.45) is 0 Å². The molecule has 1 aromatic carbocycles. The zero-order chi connectivity index (χ0) is 21.3. The fourth-order valence-corrected chi connectivity index (χ4v) is 3.43. The van der Waals surface area contributed by atoms with Crippen LogP contribution in [0.15, 0.2) is 23.1 Å². The van der Waals surface area contributed by atoms with Crippen molar-refractivity contribution in [1.82, 2.24) is 9.88 Å². The van der Waals surface area contributed by atoms with Crippen LogP contribution in [-0.4, -0.2) is 33.9 Å². The molecule has 1 amide bonds.